The molecule has 1 heterocycles. The Labute approximate surface area is 160 Å². The van der Waals surface area contributed by atoms with E-state index in [1.165, 1.54) is 0 Å². The minimum absolute atomic E-state index is 0.162. The van der Waals surface area contributed by atoms with E-state index in [0.717, 1.165) is 58.4 Å². The van der Waals surface area contributed by atoms with Crippen LogP contribution in [0, 0.1) is 0 Å². The molecular weight excluding hydrogens is 330 g/mol. The van der Waals surface area contributed by atoms with Crippen molar-refractivity contribution in [3.63, 3.8) is 0 Å². The summed E-state index contributed by atoms with van der Waals surface area (Å²) in [6.07, 6.45) is 3.47. The fourth-order valence-corrected chi connectivity index (χ4v) is 3.37. The van der Waals surface area contributed by atoms with Crippen LogP contribution in [0.15, 0.2) is 0 Å². The zero-order valence-corrected chi connectivity index (χ0v) is 17.8. The second kappa shape index (κ2) is 10.6. The van der Waals surface area contributed by atoms with Crippen molar-refractivity contribution in [2.24, 2.45) is 0 Å². The standard InChI is InChI=1S/C20H41N3O3/c1-7-13-23(16-18(24)26-19(3,4)5)15-17(2)22(6)14-10-20(25)8-11-21-12-9-20/h17,21,25H,7-16H2,1-6H3/t17-/m0/s1. The maximum Gasteiger partial charge on any atom is 0.320 e. The third-order valence-corrected chi connectivity index (χ3v) is 5.05. The molecule has 0 radical (unpaired) electrons. The predicted molar refractivity (Wildman–Crippen MR) is 106 cm³/mol. The largest absolute Gasteiger partial charge is 0.459 e. The second-order valence-corrected chi connectivity index (χ2v) is 8.88. The Morgan fingerprint density at radius 2 is 1.88 bits per heavy atom. The van der Waals surface area contributed by atoms with Crippen molar-refractivity contribution in [1.82, 2.24) is 15.1 Å². The Bertz CT molecular complexity index is 417. The molecule has 6 nitrogen and oxygen atoms in total. The van der Waals surface area contributed by atoms with Crippen LogP contribution in [0.4, 0.5) is 0 Å². The molecule has 154 valence electrons. The summed E-state index contributed by atoms with van der Waals surface area (Å²) in [5.41, 5.74) is -0.972. The fourth-order valence-electron chi connectivity index (χ4n) is 3.37. The van der Waals surface area contributed by atoms with Gasteiger partial charge < -0.3 is 20.1 Å². The van der Waals surface area contributed by atoms with Crippen molar-refractivity contribution in [2.45, 2.75) is 77.5 Å². The molecule has 0 aromatic rings. The number of carbonyl (C=O) groups excluding carboxylic acids is 1. The summed E-state index contributed by atoms with van der Waals surface area (Å²) in [6, 6.07) is 0.314. The average Bonchev–Trinajstić information content (AvgIpc) is 2.51. The van der Waals surface area contributed by atoms with E-state index in [9.17, 15) is 9.90 Å². The third kappa shape index (κ3) is 9.31. The maximum atomic E-state index is 12.2. The molecule has 1 rings (SSSR count). The van der Waals surface area contributed by atoms with Crippen molar-refractivity contribution in [3.8, 4) is 0 Å². The van der Waals surface area contributed by atoms with Gasteiger partial charge in [0.25, 0.3) is 0 Å². The van der Waals surface area contributed by atoms with Gasteiger partial charge in [-0.1, -0.05) is 6.92 Å². The Hall–Kier alpha value is -0.690. The van der Waals surface area contributed by atoms with Crippen molar-refractivity contribution in [3.05, 3.63) is 0 Å². The van der Waals surface area contributed by atoms with Gasteiger partial charge in [0, 0.05) is 19.1 Å². The summed E-state index contributed by atoms with van der Waals surface area (Å²) in [6.45, 7) is 14.7. The minimum Gasteiger partial charge on any atom is -0.459 e. The first-order valence-electron chi connectivity index (χ1n) is 10.1. The first kappa shape index (κ1) is 23.3. The molecule has 0 spiro atoms. The summed E-state index contributed by atoms with van der Waals surface area (Å²) in [7, 11) is 2.10. The summed E-state index contributed by atoms with van der Waals surface area (Å²) >= 11 is 0. The molecule has 0 aliphatic carbocycles. The van der Waals surface area contributed by atoms with Crippen LogP contribution in [-0.4, -0.2) is 84.4 Å². The van der Waals surface area contributed by atoms with E-state index in [1.54, 1.807) is 0 Å². The summed E-state index contributed by atoms with van der Waals surface area (Å²) in [4.78, 5) is 16.6. The highest BCUT2D eigenvalue weighted by Crippen LogP contribution is 2.22. The van der Waals surface area contributed by atoms with Crippen LogP contribution in [-0.2, 0) is 9.53 Å². The number of rotatable bonds is 10. The Kier molecular flexibility index (Phi) is 9.51. The molecule has 1 aliphatic heterocycles. The maximum absolute atomic E-state index is 12.2. The zero-order chi connectivity index (χ0) is 19.8. The number of aliphatic hydroxyl groups is 1. The van der Waals surface area contributed by atoms with Gasteiger partial charge in [-0.15, -0.1) is 0 Å². The van der Waals surface area contributed by atoms with Crippen LogP contribution >= 0.6 is 0 Å². The molecular formula is C20H41N3O3. The minimum atomic E-state index is -0.529. The number of hydrogen-bond donors (Lipinski definition) is 2. The van der Waals surface area contributed by atoms with E-state index in [4.69, 9.17) is 4.74 Å². The van der Waals surface area contributed by atoms with E-state index in [-0.39, 0.29) is 5.97 Å². The molecule has 1 aliphatic rings. The number of esters is 1. The molecule has 1 atom stereocenters. The monoisotopic (exact) mass is 371 g/mol. The Morgan fingerprint density at radius 1 is 1.27 bits per heavy atom. The number of ether oxygens (including phenoxy) is 1. The van der Waals surface area contributed by atoms with Gasteiger partial charge in [-0.05, 0) is 80.1 Å². The van der Waals surface area contributed by atoms with Crippen LogP contribution in [0.1, 0.15) is 60.3 Å². The topological polar surface area (TPSA) is 65.0 Å². The van der Waals surface area contributed by atoms with Gasteiger partial charge in [-0.2, -0.15) is 0 Å². The molecule has 26 heavy (non-hydrogen) atoms. The first-order valence-corrected chi connectivity index (χ1v) is 10.1. The SMILES string of the molecule is CCCN(CC(=O)OC(C)(C)C)C[C@H](C)N(C)CCC1(O)CCNCC1. The second-order valence-electron chi connectivity index (χ2n) is 8.88. The first-order chi connectivity index (χ1) is 12.0. The smallest absolute Gasteiger partial charge is 0.320 e. The average molecular weight is 372 g/mol. The van der Waals surface area contributed by atoms with Gasteiger partial charge in [0.15, 0.2) is 0 Å². The highest BCUT2D eigenvalue weighted by Gasteiger charge is 2.29. The summed E-state index contributed by atoms with van der Waals surface area (Å²) in [5, 5.41) is 14.0. The van der Waals surface area contributed by atoms with Crippen molar-refractivity contribution < 1.29 is 14.6 Å². The van der Waals surface area contributed by atoms with E-state index in [1.807, 2.05) is 20.8 Å². The normalized spacial score (nSPS) is 19.0. The van der Waals surface area contributed by atoms with Crippen LogP contribution in [0.5, 0.6) is 0 Å². The fraction of sp³-hybridized carbons (Fsp3) is 0.950. The number of piperidine rings is 1. The molecule has 6 heteroatoms. The van der Waals surface area contributed by atoms with Gasteiger partial charge in [0.1, 0.15) is 5.60 Å². The van der Waals surface area contributed by atoms with Crippen molar-refractivity contribution in [1.29, 1.82) is 0 Å². The predicted octanol–water partition coefficient (Wildman–Crippen LogP) is 1.87. The molecule has 0 amide bonds. The van der Waals surface area contributed by atoms with Crippen molar-refractivity contribution in [2.75, 3.05) is 46.3 Å². The van der Waals surface area contributed by atoms with Gasteiger partial charge in [0.05, 0.1) is 12.1 Å². The lowest BCUT2D eigenvalue weighted by Gasteiger charge is -2.36. The van der Waals surface area contributed by atoms with E-state index in [0.29, 0.717) is 12.6 Å². The Balaban J connectivity index is 2.46. The molecule has 1 fully saturated rings. The summed E-state index contributed by atoms with van der Waals surface area (Å²) < 4.78 is 5.46. The molecule has 1 saturated heterocycles. The lowest BCUT2D eigenvalue weighted by Crippen LogP contribution is -2.47. The lowest BCUT2D eigenvalue weighted by atomic mass is 9.89. The van der Waals surface area contributed by atoms with Gasteiger partial charge in [-0.3, -0.25) is 9.69 Å². The van der Waals surface area contributed by atoms with Gasteiger partial charge in [0.2, 0.25) is 0 Å². The summed E-state index contributed by atoms with van der Waals surface area (Å²) in [5.74, 6) is -0.162. The number of likely N-dealkylation sites (N-methyl/N-ethyl adjacent to an activating group) is 1. The molecule has 0 aromatic heterocycles. The quantitative estimate of drug-likeness (QED) is 0.572. The molecule has 2 N–H and O–H groups in total. The Morgan fingerprint density at radius 3 is 2.42 bits per heavy atom. The highest BCUT2D eigenvalue weighted by molar-refractivity contribution is 5.72. The zero-order valence-electron chi connectivity index (χ0n) is 17.8. The lowest BCUT2D eigenvalue weighted by molar-refractivity contribution is -0.156. The number of carbonyl (C=O) groups is 1. The van der Waals surface area contributed by atoms with Crippen LogP contribution in [0.2, 0.25) is 0 Å². The van der Waals surface area contributed by atoms with Crippen LogP contribution in [0.25, 0.3) is 0 Å². The molecule has 0 aromatic carbocycles. The van der Waals surface area contributed by atoms with Gasteiger partial charge in [-0.25, -0.2) is 0 Å². The highest BCUT2D eigenvalue weighted by atomic mass is 16.6. The van der Waals surface area contributed by atoms with Crippen molar-refractivity contribution >= 4 is 5.97 Å². The van der Waals surface area contributed by atoms with E-state index in [2.05, 4.69) is 36.0 Å². The van der Waals surface area contributed by atoms with Gasteiger partial charge >= 0.3 is 5.97 Å². The third-order valence-electron chi connectivity index (χ3n) is 5.05. The number of nitrogens with one attached hydrogen (secondary N) is 1. The number of nitrogens with zero attached hydrogens (tertiary/aromatic N) is 2. The van der Waals surface area contributed by atoms with Crippen LogP contribution < -0.4 is 5.32 Å². The molecule has 0 bridgehead atoms. The molecule has 0 unspecified atom stereocenters. The van der Waals surface area contributed by atoms with E-state index >= 15 is 0 Å². The number of hydrogen-bond acceptors (Lipinski definition) is 6. The van der Waals surface area contributed by atoms with Crippen LogP contribution in [0.3, 0.4) is 0 Å². The van der Waals surface area contributed by atoms with E-state index < -0.39 is 11.2 Å². The molecule has 0 saturated carbocycles.